The second-order valence-electron chi connectivity index (χ2n) is 7.86. The normalized spacial score (nSPS) is 11.0. The molecule has 0 aliphatic carbocycles. The Morgan fingerprint density at radius 3 is 2.40 bits per heavy atom. The summed E-state index contributed by atoms with van der Waals surface area (Å²) in [5.41, 5.74) is 4.62. The summed E-state index contributed by atoms with van der Waals surface area (Å²) < 4.78 is 1.68. The number of nitrogens with zero attached hydrogens (tertiary/aromatic N) is 3. The predicted molar refractivity (Wildman–Crippen MR) is 122 cm³/mol. The highest BCUT2D eigenvalue weighted by Gasteiger charge is 2.15. The van der Waals surface area contributed by atoms with Gasteiger partial charge in [-0.3, -0.25) is 9.48 Å². The third-order valence-electron chi connectivity index (χ3n) is 4.77. The molecule has 2 aromatic carbocycles. The first kappa shape index (κ1) is 22.1. The summed E-state index contributed by atoms with van der Waals surface area (Å²) in [6.45, 7) is 11.8. The van der Waals surface area contributed by atoms with E-state index >= 15 is 0 Å². The van der Waals surface area contributed by atoms with E-state index in [1.807, 2.05) is 37.5 Å². The molecular weight excluding hydrogens is 417 g/mol. The smallest absolute Gasteiger partial charge is 0.191 e. The number of aromatic nitrogens is 2. The topological polar surface area (TPSA) is 39.2 Å². The summed E-state index contributed by atoms with van der Waals surface area (Å²) in [4.78, 5) is 16.1. The molecule has 0 amide bonds. The van der Waals surface area contributed by atoms with Crippen LogP contribution in [0.1, 0.15) is 30.7 Å². The second kappa shape index (κ2) is 9.47. The fraction of sp³-hybridized carbons (Fsp3) is 0.292. The van der Waals surface area contributed by atoms with Crippen molar-refractivity contribution in [1.82, 2.24) is 9.78 Å². The number of ketones is 1. The number of rotatable bonds is 7. The first-order chi connectivity index (χ1) is 14.3. The molecule has 0 saturated carbocycles. The molecule has 4 nitrogen and oxygen atoms in total. The summed E-state index contributed by atoms with van der Waals surface area (Å²) >= 11 is 13.1. The molecular formula is C24H23Cl2N3O. The van der Waals surface area contributed by atoms with Crippen LogP contribution in [0.5, 0.6) is 0 Å². The highest BCUT2D eigenvalue weighted by Crippen LogP contribution is 2.38. The van der Waals surface area contributed by atoms with Crippen LogP contribution in [0.25, 0.3) is 16.0 Å². The summed E-state index contributed by atoms with van der Waals surface area (Å²) in [6.07, 6.45) is 3.16. The van der Waals surface area contributed by atoms with E-state index in [1.165, 1.54) is 0 Å². The monoisotopic (exact) mass is 439 g/mol. The maximum atomic E-state index is 12.4. The fourth-order valence-corrected chi connectivity index (χ4v) is 4.24. The number of Topliss-reactive ketones (excluding diaryl/α,β-unsaturated/α-hetero) is 1. The Balaban J connectivity index is 1.84. The van der Waals surface area contributed by atoms with Gasteiger partial charge < -0.3 is 0 Å². The minimum absolute atomic E-state index is 0.0434. The number of carbonyl (C=O) groups is 1. The molecule has 3 aromatic rings. The maximum Gasteiger partial charge on any atom is 0.191 e. The number of benzene rings is 2. The minimum atomic E-state index is 0.0434. The molecule has 0 atom stereocenters. The van der Waals surface area contributed by atoms with Gasteiger partial charge >= 0.3 is 0 Å². The van der Waals surface area contributed by atoms with Crippen molar-refractivity contribution >= 4 is 34.7 Å². The van der Waals surface area contributed by atoms with Gasteiger partial charge in [-0.2, -0.15) is 5.10 Å². The van der Waals surface area contributed by atoms with E-state index < -0.39 is 0 Å². The highest BCUT2D eigenvalue weighted by molar-refractivity contribution is 6.39. The number of halogens is 2. The van der Waals surface area contributed by atoms with Gasteiger partial charge in [0.15, 0.2) is 5.69 Å². The lowest BCUT2D eigenvalue weighted by atomic mass is 9.96. The zero-order valence-electron chi connectivity index (χ0n) is 17.2. The van der Waals surface area contributed by atoms with Crippen LogP contribution in [-0.4, -0.2) is 15.6 Å². The Kier molecular flexibility index (Phi) is 6.97. The molecule has 1 heterocycles. The average molecular weight is 440 g/mol. The predicted octanol–water partition coefficient (Wildman–Crippen LogP) is 6.50. The molecule has 0 aliphatic rings. The molecule has 1 aromatic heterocycles. The van der Waals surface area contributed by atoms with Crippen molar-refractivity contribution in [3.8, 4) is 11.1 Å². The van der Waals surface area contributed by atoms with Gasteiger partial charge in [-0.25, -0.2) is 4.85 Å². The molecule has 0 unspecified atom stereocenters. The average Bonchev–Trinajstić information content (AvgIpc) is 3.06. The molecule has 0 radical (unpaired) electrons. The van der Waals surface area contributed by atoms with Crippen LogP contribution in [-0.2, 0) is 31.1 Å². The van der Waals surface area contributed by atoms with E-state index in [0.29, 0.717) is 27.2 Å². The van der Waals surface area contributed by atoms with E-state index in [9.17, 15) is 4.79 Å². The molecule has 0 N–H and O–H groups in total. The van der Waals surface area contributed by atoms with Crippen molar-refractivity contribution in [2.75, 3.05) is 0 Å². The lowest BCUT2D eigenvalue weighted by molar-refractivity contribution is -0.117. The third kappa shape index (κ3) is 5.30. The van der Waals surface area contributed by atoms with Crippen LogP contribution >= 0.6 is 23.2 Å². The molecule has 0 spiro atoms. The summed E-state index contributed by atoms with van der Waals surface area (Å²) in [6, 6.07) is 11.1. The Hall–Kier alpha value is -2.61. The van der Waals surface area contributed by atoms with Crippen molar-refractivity contribution in [2.24, 2.45) is 13.0 Å². The van der Waals surface area contributed by atoms with Crippen molar-refractivity contribution < 1.29 is 4.79 Å². The minimum Gasteiger partial charge on any atom is -0.299 e. The van der Waals surface area contributed by atoms with Crippen LogP contribution in [0.4, 0.5) is 5.69 Å². The largest absolute Gasteiger partial charge is 0.299 e. The Morgan fingerprint density at radius 1 is 1.13 bits per heavy atom. The van der Waals surface area contributed by atoms with Crippen LogP contribution < -0.4 is 0 Å². The van der Waals surface area contributed by atoms with Crippen LogP contribution in [0.2, 0.25) is 10.0 Å². The standard InChI is InChI=1S/C24H23Cl2N3O/c1-15(2)9-17-5-6-18(13-23(17)27-3)24-21(25)11-16(12-22(24)26)10-20(30)14-19-7-8-29(4)28-19/h5-8,11-13,15H,9-10,14H2,1-2,4H3. The van der Waals surface area contributed by atoms with Gasteiger partial charge in [0.2, 0.25) is 0 Å². The first-order valence-electron chi connectivity index (χ1n) is 9.75. The van der Waals surface area contributed by atoms with Crippen molar-refractivity contribution in [3.63, 3.8) is 0 Å². The Morgan fingerprint density at radius 2 is 1.83 bits per heavy atom. The quantitative estimate of drug-likeness (QED) is 0.394. The van der Waals surface area contributed by atoms with E-state index in [4.69, 9.17) is 29.8 Å². The fourth-order valence-electron chi connectivity index (χ4n) is 3.49. The summed E-state index contributed by atoms with van der Waals surface area (Å²) in [7, 11) is 1.82. The molecule has 0 saturated heterocycles. The second-order valence-corrected chi connectivity index (χ2v) is 8.68. The number of aryl methyl sites for hydroxylation is 1. The van der Waals surface area contributed by atoms with Crippen LogP contribution in [0.15, 0.2) is 42.6 Å². The zero-order valence-corrected chi connectivity index (χ0v) is 18.8. The van der Waals surface area contributed by atoms with Crippen molar-refractivity contribution in [3.05, 3.63) is 80.9 Å². The van der Waals surface area contributed by atoms with Gasteiger partial charge in [-0.15, -0.1) is 0 Å². The van der Waals surface area contributed by atoms with Gasteiger partial charge in [0.25, 0.3) is 0 Å². The Bertz CT molecular complexity index is 1100. The van der Waals surface area contributed by atoms with Crippen LogP contribution in [0.3, 0.4) is 0 Å². The zero-order chi connectivity index (χ0) is 21.8. The SMILES string of the molecule is [C-]#[N+]c1cc(-c2c(Cl)cc(CC(=O)Cc3ccn(C)n3)cc2Cl)ccc1CC(C)C. The molecule has 0 aliphatic heterocycles. The highest BCUT2D eigenvalue weighted by atomic mass is 35.5. The molecule has 3 rings (SSSR count). The summed E-state index contributed by atoms with van der Waals surface area (Å²) in [5.74, 6) is 0.508. The van der Waals surface area contributed by atoms with Gasteiger partial charge in [-0.1, -0.05) is 49.2 Å². The van der Waals surface area contributed by atoms with Gasteiger partial charge in [0.05, 0.1) is 28.7 Å². The number of hydrogen-bond donors (Lipinski definition) is 0. The van der Waals surface area contributed by atoms with Gasteiger partial charge in [0, 0.05) is 25.2 Å². The maximum absolute atomic E-state index is 12.4. The molecule has 30 heavy (non-hydrogen) atoms. The van der Waals surface area contributed by atoms with Gasteiger partial charge in [0.1, 0.15) is 5.78 Å². The number of carbonyl (C=O) groups excluding carboxylic acids is 1. The molecule has 6 heteroatoms. The number of hydrogen-bond acceptors (Lipinski definition) is 2. The van der Waals surface area contributed by atoms with E-state index in [0.717, 1.165) is 28.8 Å². The summed E-state index contributed by atoms with van der Waals surface area (Å²) in [5, 5.41) is 5.18. The van der Waals surface area contributed by atoms with E-state index in [1.54, 1.807) is 16.8 Å². The molecule has 154 valence electrons. The lowest BCUT2D eigenvalue weighted by Gasteiger charge is -2.13. The first-order valence-corrected chi connectivity index (χ1v) is 10.5. The van der Waals surface area contributed by atoms with Crippen LogP contribution in [0, 0.1) is 12.5 Å². The molecule has 0 fully saturated rings. The molecule has 0 bridgehead atoms. The van der Waals surface area contributed by atoms with Gasteiger partial charge in [-0.05, 0) is 53.3 Å². The van der Waals surface area contributed by atoms with E-state index in [2.05, 4.69) is 23.8 Å². The van der Waals surface area contributed by atoms with E-state index in [-0.39, 0.29) is 18.6 Å². The Labute approximate surface area is 187 Å². The third-order valence-corrected chi connectivity index (χ3v) is 5.37. The lowest BCUT2D eigenvalue weighted by Crippen LogP contribution is -2.07. The van der Waals surface area contributed by atoms with Crippen molar-refractivity contribution in [1.29, 1.82) is 0 Å². The van der Waals surface area contributed by atoms with Crippen molar-refractivity contribution in [2.45, 2.75) is 33.1 Å².